The molecule has 1 saturated heterocycles. The van der Waals surface area contributed by atoms with Gasteiger partial charge >= 0.3 is 11.9 Å². The summed E-state index contributed by atoms with van der Waals surface area (Å²) in [5, 5.41) is 0. The lowest BCUT2D eigenvalue weighted by atomic mass is 10.1. The van der Waals surface area contributed by atoms with Gasteiger partial charge in [-0.3, -0.25) is 0 Å². The Hall–Kier alpha value is -2.61. The topological polar surface area (TPSA) is 52.6 Å². The highest BCUT2D eigenvalue weighted by Gasteiger charge is 2.38. The van der Waals surface area contributed by atoms with Gasteiger partial charge < -0.3 is 9.47 Å². The third kappa shape index (κ3) is 2.69. The zero-order valence-electron chi connectivity index (χ0n) is 10.9. The van der Waals surface area contributed by atoms with Crippen LogP contribution in [0.25, 0.3) is 6.08 Å². The van der Waals surface area contributed by atoms with Crippen molar-refractivity contribution >= 4 is 18.0 Å². The number of hydrogen-bond donors (Lipinski definition) is 0. The Morgan fingerprint density at radius 2 is 1.85 bits per heavy atom. The summed E-state index contributed by atoms with van der Waals surface area (Å²) in [5.41, 5.74) is 0.0452. The molecule has 1 aliphatic rings. The lowest BCUT2D eigenvalue weighted by Gasteiger charge is -2.29. The number of hydrogen-bond acceptors (Lipinski definition) is 4. The Bertz CT molecular complexity index is 643. The average Bonchev–Trinajstić information content (AvgIpc) is 2.34. The van der Waals surface area contributed by atoms with Crippen LogP contribution in [0.2, 0.25) is 0 Å². The Morgan fingerprint density at radius 3 is 2.35 bits per heavy atom. The van der Waals surface area contributed by atoms with Gasteiger partial charge in [-0.2, -0.15) is 0 Å². The summed E-state index contributed by atoms with van der Waals surface area (Å²) in [5.74, 6) is -1.39. The number of benzene rings is 1. The van der Waals surface area contributed by atoms with Crippen molar-refractivity contribution in [1.82, 2.24) is 0 Å². The van der Waals surface area contributed by atoms with E-state index < -0.39 is 23.5 Å². The van der Waals surface area contributed by atoms with Crippen molar-refractivity contribution in [3.8, 4) is 12.3 Å². The first kappa shape index (κ1) is 13.8. The Labute approximate surface area is 115 Å². The minimum Gasteiger partial charge on any atom is -0.419 e. The molecule has 2 rings (SSSR count). The van der Waals surface area contributed by atoms with Crippen molar-refractivity contribution < 1.29 is 23.5 Å². The second kappa shape index (κ2) is 4.82. The molecule has 0 radical (unpaired) electrons. The lowest BCUT2D eigenvalue weighted by molar-refractivity contribution is -0.222. The molecule has 1 aromatic carbocycles. The molecule has 102 valence electrons. The van der Waals surface area contributed by atoms with Crippen LogP contribution in [-0.2, 0) is 19.1 Å². The fraction of sp³-hybridized carbons (Fsp3) is 0.200. The predicted octanol–water partition coefficient (Wildman–Crippen LogP) is 2.03. The van der Waals surface area contributed by atoms with Crippen LogP contribution in [0.3, 0.4) is 0 Å². The molecular formula is C15H11FO4. The molecule has 0 aliphatic carbocycles. The number of terminal acetylenes is 1. The van der Waals surface area contributed by atoms with Gasteiger partial charge in [-0.05, 0) is 18.2 Å². The van der Waals surface area contributed by atoms with E-state index in [2.05, 4.69) is 5.92 Å². The number of carbonyl (C=O) groups excluding carboxylic acids is 2. The fourth-order valence-electron chi connectivity index (χ4n) is 1.67. The van der Waals surface area contributed by atoms with Crippen molar-refractivity contribution in [2.75, 3.05) is 0 Å². The molecule has 4 nitrogen and oxygen atoms in total. The number of carbonyl (C=O) groups is 2. The Balaban J connectivity index is 2.39. The molecule has 1 aromatic rings. The average molecular weight is 274 g/mol. The van der Waals surface area contributed by atoms with Crippen molar-refractivity contribution in [2.24, 2.45) is 0 Å². The highest BCUT2D eigenvalue weighted by atomic mass is 19.1. The zero-order valence-corrected chi connectivity index (χ0v) is 10.9. The van der Waals surface area contributed by atoms with Crippen LogP contribution in [0.1, 0.15) is 25.0 Å². The second-order valence-electron chi connectivity index (χ2n) is 4.62. The van der Waals surface area contributed by atoms with Crippen LogP contribution in [0, 0.1) is 18.2 Å². The first-order valence-electron chi connectivity index (χ1n) is 5.77. The summed E-state index contributed by atoms with van der Waals surface area (Å²) in [4.78, 5) is 23.4. The van der Waals surface area contributed by atoms with Crippen LogP contribution in [0.15, 0.2) is 23.8 Å². The molecule has 0 spiro atoms. The molecule has 0 N–H and O–H groups in total. The molecule has 0 bridgehead atoms. The monoisotopic (exact) mass is 274 g/mol. The summed E-state index contributed by atoms with van der Waals surface area (Å²) in [6, 6.07) is 4.01. The first-order valence-corrected chi connectivity index (χ1v) is 5.77. The van der Waals surface area contributed by atoms with Crippen LogP contribution < -0.4 is 0 Å². The zero-order chi connectivity index (χ0) is 14.9. The largest absolute Gasteiger partial charge is 0.419 e. The van der Waals surface area contributed by atoms with E-state index in [-0.39, 0.29) is 11.1 Å². The quantitative estimate of drug-likeness (QED) is 0.340. The highest BCUT2D eigenvalue weighted by molar-refractivity contribution is 6.18. The SMILES string of the molecule is C#Cc1ccc(C=C2C(=O)OC(C)(C)OC2=O)c(F)c1. The summed E-state index contributed by atoms with van der Waals surface area (Å²) in [7, 11) is 0. The lowest BCUT2D eigenvalue weighted by Crippen LogP contribution is -2.41. The van der Waals surface area contributed by atoms with Crippen LogP contribution in [-0.4, -0.2) is 17.7 Å². The van der Waals surface area contributed by atoms with Crippen LogP contribution >= 0.6 is 0 Å². The third-order valence-electron chi connectivity index (χ3n) is 2.58. The van der Waals surface area contributed by atoms with E-state index in [4.69, 9.17) is 15.9 Å². The molecular weight excluding hydrogens is 263 g/mol. The summed E-state index contributed by atoms with van der Waals surface area (Å²) < 4.78 is 23.6. The van der Waals surface area contributed by atoms with E-state index in [0.29, 0.717) is 5.56 Å². The number of cyclic esters (lactones) is 2. The summed E-state index contributed by atoms with van der Waals surface area (Å²) in [6.45, 7) is 2.86. The van der Waals surface area contributed by atoms with Crippen LogP contribution in [0.4, 0.5) is 4.39 Å². The van der Waals surface area contributed by atoms with Crippen molar-refractivity contribution in [1.29, 1.82) is 0 Å². The first-order chi connectivity index (χ1) is 9.32. The maximum Gasteiger partial charge on any atom is 0.348 e. The van der Waals surface area contributed by atoms with Gasteiger partial charge in [-0.15, -0.1) is 6.42 Å². The Kier molecular flexibility index (Phi) is 3.33. The molecule has 20 heavy (non-hydrogen) atoms. The molecule has 0 unspecified atom stereocenters. The summed E-state index contributed by atoms with van der Waals surface area (Å²) in [6.07, 6.45) is 6.23. The van der Waals surface area contributed by atoms with Crippen LogP contribution in [0.5, 0.6) is 0 Å². The molecule has 0 aromatic heterocycles. The normalized spacial score (nSPS) is 17.0. The molecule has 0 saturated carbocycles. The molecule has 0 atom stereocenters. The van der Waals surface area contributed by atoms with Gasteiger partial charge in [0.25, 0.3) is 5.79 Å². The Morgan fingerprint density at radius 1 is 1.25 bits per heavy atom. The van der Waals surface area contributed by atoms with Crippen molar-refractivity contribution in [2.45, 2.75) is 19.6 Å². The highest BCUT2D eigenvalue weighted by Crippen LogP contribution is 2.24. The van der Waals surface area contributed by atoms with E-state index in [1.807, 2.05) is 0 Å². The number of ether oxygens (including phenoxy) is 2. The molecule has 0 amide bonds. The molecule has 1 fully saturated rings. The number of rotatable bonds is 1. The van der Waals surface area contributed by atoms with Gasteiger partial charge in [0.2, 0.25) is 0 Å². The van der Waals surface area contributed by atoms with Gasteiger partial charge in [0.15, 0.2) is 0 Å². The maximum atomic E-state index is 13.8. The van der Waals surface area contributed by atoms with E-state index in [1.54, 1.807) is 0 Å². The fourth-order valence-corrected chi connectivity index (χ4v) is 1.67. The molecule has 5 heteroatoms. The number of halogens is 1. The predicted molar refractivity (Wildman–Crippen MR) is 68.6 cm³/mol. The van der Waals surface area contributed by atoms with Gasteiger partial charge in [-0.25, -0.2) is 14.0 Å². The van der Waals surface area contributed by atoms with E-state index in [0.717, 1.165) is 12.1 Å². The van der Waals surface area contributed by atoms with E-state index in [1.165, 1.54) is 26.0 Å². The van der Waals surface area contributed by atoms with E-state index >= 15 is 0 Å². The van der Waals surface area contributed by atoms with Crippen molar-refractivity contribution in [3.63, 3.8) is 0 Å². The second-order valence-corrected chi connectivity index (χ2v) is 4.62. The minimum atomic E-state index is -1.32. The van der Waals surface area contributed by atoms with Gasteiger partial charge in [0.05, 0.1) is 0 Å². The molecule has 1 heterocycles. The van der Waals surface area contributed by atoms with Gasteiger partial charge in [0.1, 0.15) is 11.4 Å². The van der Waals surface area contributed by atoms with Gasteiger partial charge in [-0.1, -0.05) is 12.0 Å². The molecule has 1 aliphatic heterocycles. The van der Waals surface area contributed by atoms with E-state index in [9.17, 15) is 14.0 Å². The smallest absolute Gasteiger partial charge is 0.348 e. The summed E-state index contributed by atoms with van der Waals surface area (Å²) >= 11 is 0. The maximum absolute atomic E-state index is 13.8. The number of esters is 2. The minimum absolute atomic E-state index is 0.0487. The van der Waals surface area contributed by atoms with Crippen molar-refractivity contribution in [3.05, 3.63) is 40.7 Å². The third-order valence-corrected chi connectivity index (χ3v) is 2.58. The van der Waals surface area contributed by atoms with Gasteiger partial charge in [0, 0.05) is 25.0 Å². The standard InChI is InChI=1S/C15H11FO4/c1-4-9-5-6-10(12(16)7-9)8-11-13(17)19-15(2,3)20-14(11)18/h1,5-8H,2-3H3.